The lowest BCUT2D eigenvalue weighted by Crippen LogP contribution is -2.22. The highest BCUT2D eigenvalue weighted by molar-refractivity contribution is 7.20. The van der Waals surface area contributed by atoms with Gasteiger partial charge in [0.1, 0.15) is 15.5 Å². The maximum absolute atomic E-state index is 13.1. The maximum Gasteiger partial charge on any atom is 0.349 e. The minimum Gasteiger partial charge on any atom is -0.463 e. The number of hydrogen-bond acceptors (Lipinski definition) is 6. The van der Waals surface area contributed by atoms with Crippen molar-refractivity contribution in [2.45, 2.75) is 26.0 Å². The number of aryl methyl sites for hydroxylation is 1. The van der Waals surface area contributed by atoms with E-state index in [0.717, 1.165) is 21.5 Å². The molecule has 6 nitrogen and oxygen atoms in total. The number of carbonyl (C=O) groups is 2. The minimum atomic E-state index is -0.829. The van der Waals surface area contributed by atoms with Gasteiger partial charge in [0.2, 0.25) is 6.10 Å². The van der Waals surface area contributed by atoms with Crippen LogP contribution in [0.15, 0.2) is 30.3 Å². The van der Waals surface area contributed by atoms with Crippen molar-refractivity contribution < 1.29 is 23.5 Å². The van der Waals surface area contributed by atoms with E-state index in [4.69, 9.17) is 9.47 Å². The Labute approximate surface area is 152 Å². The van der Waals surface area contributed by atoms with Gasteiger partial charge in [0.05, 0.1) is 18.8 Å². The summed E-state index contributed by atoms with van der Waals surface area (Å²) < 4.78 is 24.9. The predicted octanol–water partition coefficient (Wildman–Crippen LogP) is 3.07. The molecule has 134 valence electrons. The van der Waals surface area contributed by atoms with Crippen LogP contribution >= 0.6 is 11.3 Å². The molecule has 1 aromatic carbocycles. The fraction of sp³-hybridized carbons (Fsp3) is 0.278. The lowest BCUT2D eigenvalue weighted by Gasteiger charge is -2.06. The number of rotatable bonds is 4. The van der Waals surface area contributed by atoms with Gasteiger partial charge >= 0.3 is 11.9 Å². The molecule has 3 heterocycles. The summed E-state index contributed by atoms with van der Waals surface area (Å²) in [6.45, 7) is 2.60. The van der Waals surface area contributed by atoms with Crippen LogP contribution in [0.4, 0.5) is 4.39 Å². The number of thiophene rings is 1. The summed E-state index contributed by atoms with van der Waals surface area (Å²) in [6, 6.07) is 7.94. The van der Waals surface area contributed by atoms with Gasteiger partial charge in [-0.3, -0.25) is 4.68 Å². The molecule has 1 saturated heterocycles. The Hall–Kier alpha value is -2.74. The molecule has 2 aromatic heterocycles. The van der Waals surface area contributed by atoms with Crippen LogP contribution in [0.25, 0.3) is 10.2 Å². The van der Waals surface area contributed by atoms with Crippen LogP contribution in [0.5, 0.6) is 0 Å². The first-order valence-electron chi connectivity index (χ1n) is 8.10. The standard InChI is InChI=1S/C18H15FN2O4S/c1-10-13-8-15(18(23)25-14-6-7-24-17(14)22)26-16(13)21(20-10)9-11-2-4-12(19)5-3-11/h2-5,8,14H,6-7,9H2,1H3/t14-/m0/s1. The number of hydrogen-bond donors (Lipinski definition) is 0. The highest BCUT2D eigenvalue weighted by atomic mass is 32.1. The van der Waals surface area contributed by atoms with E-state index in [0.29, 0.717) is 17.8 Å². The van der Waals surface area contributed by atoms with Gasteiger partial charge in [0.15, 0.2) is 0 Å². The van der Waals surface area contributed by atoms with Gasteiger partial charge < -0.3 is 9.47 Å². The molecule has 0 N–H and O–H groups in total. The van der Waals surface area contributed by atoms with Gasteiger partial charge in [-0.25, -0.2) is 14.0 Å². The number of cyclic esters (lactones) is 1. The average molecular weight is 374 g/mol. The van der Waals surface area contributed by atoms with E-state index >= 15 is 0 Å². The summed E-state index contributed by atoms with van der Waals surface area (Å²) in [5.41, 5.74) is 1.69. The molecule has 0 bridgehead atoms. The Morgan fingerprint density at radius 1 is 1.42 bits per heavy atom. The summed E-state index contributed by atoms with van der Waals surface area (Å²) in [5, 5.41) is 5.35. The number of benzene rings is 1. The lowest BCUT2D eigenvalue weighted by atomic mass is 10.2. The predicted molar refractivity (Wildman–Crippen MR) is 92.6 cm³/mol. The number of carbonyl (C=O) groups excluding carboxylic acids is 2. The third kappa shape index (κ3) is 3.08. The van der Waals surface area contributed by atoms with Gasteiger partial charge in [0, 0.05) is 11.8 Å². The Bertz CT molecular complexity index is 993. The Balaban J connectivity index is 1.59. The first-order chi connectivity index (χ1) is 12.5. The molecule has 0 saturated carbocycles. The zero-order valence-corrected chi connectivity index (χ0v) is 14.7. The van der Waals surface area contributed by atoms with Crippen molar-refractivity contribution in [3.8, 4) is 0 Å². The monoisotopic (exact) mass is 374 g/mol. The van der Waals surface area contributed by atoms with Crippen LogP contribution in [0, 0.1) is 12.7 Å². The Morgan fingerprint density at radius 2 is 2.19 bits per heavy atom. The van der Waals surface area contributed by atoms with Crippen molar-refractivity contribution in [2.75, 3.05) is 6.61 Å². The summed E-state index contributed by atoms with van der Waals surface area (Å²) in [7, 11) is 0. The quantitative estimate of drug-likeness (QED) is 0.657. The minimum absolute atomic E-state index is 0.273. The number of esters is 2. The zero-order valence-electron chi connectivity index (χ0n) is 13.9. The van der Waals surface area contributed by atoms with E-state index in [9.17, 15) is 14.0 Å². The van der Waals surface area contributed by atoms with E-state index < -0.39 is 18.0 Å². The van der Waals surface area contributed by atoms with Gasteiger partial charge in [-0.2, -0.15) is 5.10 Å². The largest absolute Gasteiger partial charge is 0.463 e. The molecule has 0 radical (unpaired) electrons. The number of aromatic nitrogens is 2. The molecule has 1 aliphatic heterocycles. The molecule has 0 unspecified atom stereocenters. The van der Waals surface area contributed by atoms with Crippen LogP contribution in [-0.4, -0.2) is 34.4 Å². The van der Waals surface area contributed by atoms with Crippen LogP contribution in [0.1, 0.15) is 27.3 Å². The normalized spacial score (nSPS) is 16.8. The molecule has 1 atom stereocenters. The molecule has 1 aliphatic rings. The highest BCUT2D eigenvalue weighted by Crippen LogP contribution is 2.30. The fourth-order valence-corrected chi connectivity index (χ4v) is 3.90. The topological polar surface area (TPSA) is 70.4 Å². The highest BCUT2D eigenvalue weighted by Gasteiger charge is 2.31. The maximum atomic E-state index is 13.1. The summed E-state index contributed by atoms with van der Waals surface area (Å²) in [6.07, 6.45) is -0.447. The van der Waals surface area contributed by atoms with Crippen molar-refractivity contribution >= 4 is 33.5 Å². The van der Waals surface area contributed by atoms with Gasteiger partial charge in [-0.05, 0) is 30.7 Å². The van der Waals surface area contributed by atoms with Crippen LogP contribution in [-0.2, 0) is 20.8 Å². The molecule has 4 rings (SSSR count). The number of fused-ring (bicyclic) bond motifs is 1. The van der Waals surface area contributed by atoms with Crippen molar-refractivity contribution in [2.24, 2.45) is 0 Å². The number of halogens is 1. The molecule has 0 spiro atoms. The number of ether oxygens (including phenoxy) is 2. The third-order valence-corrected chi connectivity index (χ3v) is 5.32. The third-order valence-electron chi connectivity index (χ3n) is 4.19. The lowest BCUT2D eigenvalue weighted by molar-refractivity contribution is -0.145. The summed E-state index contributed by atoms with van der Waals surface area (Å²) in [4.78, 5) is 25.0. The van der Waals surface area contributed by atoms with Crippen LogP contribution < -0.4 is 0 Å². The Kier molecular flexibility index (Phi) is 4.20. The van der Waals surface area contributed by atoms with Gasteiger partial charge in [-0.1, -0.05) is 12.1 Å². The first-order valence-corrected chi connectivity index (χ1v) is 8.92. The first kappa shape index (κ1) is 16.7. The molecule has 26 heavy (non-hydrogen) atoms. The molecule has 0 amide bonds. The average Bonchev–Trinajstić information content (AvgIpc) is 3.29. The zero-order chi connectivity index (χ0) is 18.3. The van der Waals surface area contributed by atoms with Gasteiger partial charge in [0.25, 0.3) is 0 Å². The second kappa shape index (κ2) is 6.53. The van der Waals surface area contributed by atoms with Crippen molar-refractivity contribution in [1.29, 1.82) is 0 Å². The smallest absolute Gasteiger partial charge is 0.349 e. The summed E-state index contributed by atoms with van der Waals surface area (Å²) in [5.74, 6) is -1.33. The van der Waals surface area contributed by atoms with Gasteiger partial charge in [-0.15, -0.1) is 11.3 Å². The second-order valence-electron chi connectivity index (χ2n) is 6.05. The van der Waals surface area contributed by atoms with Crippen molar-refractivity contribution in [3.05, 3.63) is 52.3 Å². The van der Waals surface area contributed by atoms with Crippen LogP contribution in [0.2, 0.25) is 0 Å². The molecular formula is C18H15FN2O4S. The van der Waals surface area contributed by atoms with Crippen molar-refractivity contribution in [1.82, 2.24) is 9.78 Å². The van der Waals surface area contributed by atoms with E-state index in [1.807, 2.05) is 6.92 Å². The summed E-state index contributed by atoms with van der Waals surface area (Å²) >= 11 is 1.26. The van der Waals surface area contributed by atoms with E-state index in [1.54, 1.807) is 22.9 Å². The second-order valence-corrected chi connectivity index (χ2v) is 7.08. The number of nitrogens with zero attached hydrogens (tertiary/aromatic N) is 2. The Morgan fingerprint density at radius 3 is 2.88 bits per heavy atom. The molecule has 0 aliphatic carbocycles. The van der Waals surface area contributed by atoms with Crippen LogP contribution in [0.3, 0.4) is 0 Å². The van der Waals surface area contributed by atoms with E-state index in [2.05, 4.69) is 5.10 Å². The fourth-order valence-electron chi connectivity index (χ4n) is 2.85. The van der Waals surface area contributed by atoms with Crippen molar-refractivity contribution in [3.63, 3.8) is 0 Å². The molecule has 8 heteroatoms. The molecular weight excluding hydrogens is 359 g/mol. The molecule has 1 fully saturated rings. The van der Waals surface area contributed by atoms with E-state index in [1.165, 1.54) is 23.5 Å². The molecule has 3 aromatic rings. The van der Waals surface area contributed by atoms with E-state index in [-0.39, 0.29) is 12.4 Å². The SMILES string of the molecule is Cc1nn(Cc2ccc(F)cc2)c2sc(C(=O)O[C@H]3CCOC3=O)cc12.